The molecule has 0 saturated heterocycles. The predicted octanol–water partition coefficient (Wildman–Crippen LogP) is 1.91. The van der Waals surface area contributed by atoms with Crippen LogP contribution in [0.5, 0.6) is 5.75 Å². The van der Waals surface area contributed by atoms with Crippen molar-refractivity contribution in [2.45, 2.75) is 17.9 Å². The summed E-state index contributed by atoms with van der Waals surface area (Å²) < 4.78 is 31.6. The molecule has 1 N–H and O–H groups in total. The lowest BCUT2D eigenvalue weighted by Crippen LogP contribution is -2.54. The van der Waals surface area contributed by atoms with E-state index in [1.165, 1.54) is 19.2 Å². The maximum Gasteiger partial charge on any atom is 0.250 e. The fraction of sp³-hybridized carbons (Fsp3) is 0.222. The van der Waals surface area contributed by atoms with Gasteiger partial charge in [0.05, 0.1) is 12.0 Å². The molecule has 0 spiro atoms. The van der Waals surface area contributed by atoms with Gasteiger partial charge in [-0.15, -0.1) is 0 Å². The highest BCUT2D eigenvalue weighted by Gasteiger charge is 2.46. The number of anilines is 1. The van der Waals surface area contributed by atoms with E-state index in [1.54, 1.807) is 43.3 Å². The van der Waals surface area contributed by atoms with E-state index in [0.29, 0.717) is 11.4 Å². The number of carbonyl (C=O) groups excluding carboxylic acids is 2. The molecule has 1 heterocycles. The fourth-order valence-electron chi connectivity index (χ4n) is 2.93. The summed E-state index contributed by atoms with van der Waals surface area (Å²) in [7, 11) is -2.41. The van der Waals surface area contributed by atoms with Gasteiger partial charge in [-0.2, -0.15) is 4.31 Å². The molecular weight excluding hydrogens is 356 g/mol. The molecule has 1 unspecified atom stereocenters. The van der Waals surface area contributed by atoms with Gasteiger partial charge in [-0.25, -0.2) is 8.42 Å². The maximum absolute atomic E-state index is 12.8. The Morgan fingerprint density at radius 1 is 1.15 bits per heavy atom. The van der Waals surface area contributed by atoms with Gasteiger partial charge in [0.15, 0.2) is 11.8 Å². The zero-order chi connectivity index (χ0) is 18.9. The first-order valence-corrected chi connectivity index (χ1v) is 9.44. The number of sulfonamides is 1. The van der Waals surface area contributed by atoms with Crippen LogP contribution in [0, 0.1) is 0 Å². The smallest absolute Gasteiger partial charge is 0.250 e. The highest BCUT2D eigenvalue weighted by Crippen LogP contribution is 2.30. The van der Waals surface area contributed by atoms with Crippen molar-refractivity contribution in [1.82, 2.24) is 4.31 Å². The van der Waals surface area contributed by atoms with Crippen molar-refractivity contribution in [2.24, 2.45) is 0 Å². The number of ketones is 1. The normalized spacial score (nSPS) is 18.8. The summed E-state index contributed by atoms with van der Waals surface area (Å²) >= 11 is 0. The first-order chi connectivity index (χ1) is 12.4. The molecule has 0 aliphatic carbocycles. The van der Waals surface area contributed by atoms with Gasteiger partial charge in [0.2, 0.25) is 10.0 Å². The molecule has 26 heavy (non-hydrogen) atoms. The van der Waals surface area contributed by atoms with Crippen LogP contribution >= 0.6 is 0 Å². The van der Waals surface area contributed by atoms with Gasteiger partial charge in [0.1, 0.15) is 5.75 Å². The maximum atomic E-state index is 12.8. The van der Waals surface area contributed by atoms with E-state index in [-0.39, 0.29) is 17.0 Å². The molecule has 0 fully saturated rings. The number of carbonyl (C=O) groups is 2. The van der Waals surface area contributed by atoms with Gasteiger partial charge in [-0.1, -0.05) is 19.1 Å². The Morgan fingerprint density at radius 2 is 1.81 bits per heavy atom. The lowest BCUT2D eigenvalue weighted by molar-refractivity contribution is -0.118. The molecule has 136 valence electrons. The zero-order valence-corrected chi connectivity index (χ0v) is 15.1. The third-order valence-electron chi connectivity index (χ3n) is 4.19. The minimum atomic E-state index is -3.93. The Hall–Kier alpha value is -2.71. The Balaban J connectivity index is 1.97. The van der Waals surface area contributed by atoms with Gasteiger partial charge in [-0.3, -0.25) is 9.59 Å². The SMILES string of the molecule is CCN1C(C(=O)Nc2ccc(OC)cc2)C(=O)c2ccccc2S1(=O)=O. The lowest BCUT2D eigenvalue weighted by Gasteiger charge is -2.33. The summed E-state index contributed by atoms with van der Waals surface area (Å²) in [4.78, 5) is 25.5. The molecule has 0 bridgehead atoms. The van der Waals surface area contributed by atoms with Crippen LogP contribution in [-0.4, -0.2) is 44.1 Å². The summed E-state index contributed by atoms with van der Waals surface area (Å²) in [6.07, 6.45) is 0. The number of Topliss-reactive ketones (excluding diaryl/α,β-unsaturated/α-hetero) is 1. The standard InChI is InChI=1S/C18H18N2O5S/c1-3-20-16(18(22)19-12-8-10-13(25-2)11-9-12)17(21)14-6-4-5-7-15(14)26(20,23)24/h4-11,16H,3H2,1-2H3,(H,19,22). The quantitative estimate of drug-likeness (QED) is 0.825. The average molecular weight is 374 g/mol. The predicted molar refractivity (Wildman–Crippen MR) is 95.8 cm³/mol. The third kappa shape index (κ3) is 2.97. The topological polar surface area (TPSA) is 92.8 Å². The van der Waals surface area contributed by atoms with E-state index in [2.05, 4.69) is 5.32 Å². The second-order valence-electron chi connectivity index (χ2n) is 5.69. The lowest BCUT2D eigenvalue weighted by atomic mass is 10.0. The summed E-state index contributed by atoms with van der Waals surface area (Å²) in [5.74, 6) is -0.619. The molecular formula is C18H18N2O5S. The van der Waals surface area contributed by atoms with Crippen LogP contribution in [0.25, 0.3) is 0 Å². The van der Waals surface area contributed by atoms with Crippen molar-refractivity contribution in [3.63, 3.8) is 0 Å². The summed E-state index contributed by atoms with van der Waals surface area (Å²) in [5, 5.41) is 2.60. The van der Waals surface area contributed by atoms with Crippen molar-refractivity contribution in [1.29, 1.82) is 0 Å². The van der Waals surface area contributed by atoms with Gasteiger partial charge in [0, 0.05) is 17.8 Å². The van der Waals surface area contributed by atoms with Crippen LogP contribution in [0.4, 0.5) is 5.69 Å². The Labute approximate surface area is 151 Å². The van der Waals surface area contributed by atoms with Crippen LogP contribution < -0.4 is 10.1 Å². The number of amides is 1. The molecule has 8 heteroatoms. The number of rotatable bonds is 4. The van der Waals surface area contributed by atoms with Crippen molar-refractivity contribution < 1.29 is 22.7 Å². The number of likely N-dealkylation sites (N-methyl/N-ethyl adjacent to an activating group) is 1. The molecule has 3 rings (SSSR count). The second-order valence-corrected chi connectivity index (χ2v) is 7.55. The molecule has 0 aromatic heterocycles. The molecule has 1 aliphatic heterocycles. The van der Waals surface area contributed by atoms with Gasteiger partial charge >= 0.3 is 0 Å². The number of ether oxygens (including phenoxy) is 1. The van der Waals surface area contributed by atoms with E-state index in [4.69, 9.17) is 4.74 Å². The number of nitrogens with zero attached hydrogens (tertiary/aromatic N) is 1. The minimum absolute atomic E-state index is 0.00308. The van der Waals surface area contributed by atoms with Crippen molar-refractivity contribution in [3.05, 3.63) is 54.1 Å². The first kappa shape index (κ1) is 18.1. The van der Waals surface area contributed by atoms with Crippen LogP contribution in [-0.2, 0) is 14.8 Å². The van der Waals surface area contributed by atoms with Gasteiger partial charge < -0.3 is 10.1 Å². The zero-order valence-electron chi connectivity index (χ0n) is 14.3. The molecule has 1 aliphatic rings. The monoisotopic (exact) mass is 374 g/mol. The summed E-state index contributed by atoms with van der Waals surface area (Å²) in [6, 6.07) is 11.0. The highest BCUT2D eigenvalue weighted by atomic mass is 32.2. The molecule has 2 aromatic rings. The van der Waals surface area contributed by atoms with Crippen LogP contribution in [0.3, 0.4) is 0 Å². The van der Waals surface area contributed by atoms with Gasteiger partial charge in [-0.05, 0) is 36.4 Å². The van der Waals surface area contributed by atoms with E-state index >= 15 is 0 Å². The molecule has 0 radical (unpaired) electrons. The number of hydrogen-bond donors (Lipinski definition) is 1. The first-order valence-electron chi connectivity index (χ1n) is 8.00. The van der Waals surface area contributed by atoms with Crippen LogP contribution in [0.2, 0.25) is 0 Å². The highest BCUT2D eigenvalue weighted by molar-refractivity contribution is 7.89. The molecule has 0 saturated carbocycles. The average Bonchev–Trinajstić information content (AvgIpc) is 2.65. The summed E-state index contributed by atoms with van der Waals surface area (Å²) in [5.41, 5.74) is 0.475. The molecule has 1 atom stereocenters. The van der Waals surface area contributed by atoms with Crippen molar-refractivity contribution in [2.75, 3.05) is 19.0 Å². The van der Waals surface area contributed by atoms with E-state index in [9.17, 15) is 18.0 Å². The van der Waals surface area contributed by atoms with E-state index in [1.807, 2.05) is 0 Å². The number of benzene rings is 2. The number of fused-ring (bicyclic) bond motifs is 1. The number of methoxy groups -OCH3 is 1. The second kappa shape index (κ2) is 6.89. The number of hydrogen-bond acceptors (Lipinski definition) is 5. The molecule has 2 aromatic carbocycles. The van der Waals surface area contributed by atoms with Crippen LogP contribution in [0.1, 0.15) is 17.3 Å². The fourth-order valence-corrected chi connectivity index (χ4v) is 4.68. The molecule has 1 amide bonds. The number of nitrogens with one attached hydrogen (secondary N) is 1. The molecule has 7 nitrogen and oxygen atoms in total. The van der Waals surface area contributed by atoms with Gasteiger partial charge in [0.25, 0.3) is 5.91 Å². The van der Waals surface area contributed by atoms with E-state index in [0.717, 1.165) is 4.31 Å². The summed E-state index contributed by atoms with van der Waals surface area (Å²) in [6.45, 7) is 1.59. The Kier molecular flexibility index (Phi) is 4.80. The minimum Gasteiger partial charge on any atom is -0.497 e. The Morgan fingerprint density at radius 3 is 2.42 bits per heavy atom. The van der Waals surface area contributed by atoms with Crippen molar-refractivity contribution >= 4 is 27.4 Å². The van der Waals surface area contributed by atoms with Crippen LogP contribution in [0.15, 0.2) is 53.4 Å². The third-order valence-corrected chi connectivity index (χ3v) is 6.19. The van der Waals surface area contributed by atoms with Crippen molar-refractivity contribution in [3.8, 4) is 5.75 Å². The van der Waals surface area contributed by atoms with E-state index < -0.39 is 27.8 Å². The largest absolute Gasteiger partial charge is 0.497 e. The Bertz CT molecular complexity index is 954.